The summed E-state index contributed by atoms with van der Waals surface area (Å²) < 4.78 is 5.93. The molecule has 1 N–H and O–H groups in total. The standard InChI is InChI=1S/C21H15BrN2O4/c1-12-11-16(23-28-12)24-18(13-5-3-2-4-6-13)17(20(26)21(24)27)19(25)14-7-9-15(22)10-8-14/h2-11,18,25H,1H3/b19-17+/t18-/m0/s1. The monoisotopic (exact) mass is 438 g/mol. The first-order valence-electron chi connectivity index (χ1n) is 8.52. The molecule has 6 nitrogen and oxygen atoms in total. The lowest BCUT2D eigenvalue weighted by Crippen LogP contribution is -2.29. The van der Waals surface area contributed by atoms with Crippen LogP contribution in [0.5, 0.6) is 0 Å². The molecule has 0 spiro atoms. The molecule has 1 aromatic heterocycles. The van der Waals surface area contributed by atoms with E-state index in [1.807, 2.05) is 18.2 Å². The van der Waals surface area contributed by atoms with Crippen molar-refractivity contribution < 1.29 is 19.2 Å². The van der Waals surface area contributed by atoms with Gasteiger partial charge in [-0.1, -0.05) is 63.6 Å². The van der Waals surface area contributed by atoms with Gasteiger partial charge in [-0.05, 0) is 24.6 Å². The number of hydrogen-bond acceptors (Lipinski definition) is 5. The fourth-order valence-electron chi connectivity index (χ4n) is 3.25. The van der Waals surface area contributed by atoms with Crippen LogP contribution >= 0.6 is 15.9 Å². The number of aryl methyl sites for hydroxylation is 1. The maximum Gasteiger partial charge on any atom is 0.301 e. The van der Waals surface area contributed by atoms with Gasteiger partial charge in [0.25, 0.3) is 5.78 Å². The summed E-state index contributed by atoms with van der Waals surface area (Å²) in [6.45, 7) is 1.70. The Morgan fingerprint density at radius 3 is 2.39 bits per heavy atom. The van der Waals surface area contributed by atoms with E-state index >= 15 is 0 Å². The van der Waals surface area contributed by atoms with Crippen molar-refractivity contribution in [2.75, 3.05) is 4.90 Å². The molecule has 0 bridgehead atoms. The predicted octanol–water partition coefficient (Wildman–Crippen LogP) is 4.37. The third kappa shape index (κ3) is 3.03. The van der Waals surface area contributed by atoms with Crippen LogP contribution in [0.1, 0.15) is 22.9 Å². The smallest absolute Gasteiger partial charge is 0.301 e. The minimum Gasteiger partial charge on any atom is -0.507 e. The first-order chi connectivity index (χ1) is 13.5. The molecule has 0 radical (unpaired) electrons. The van der Waals surface area contributed by atoms with E-state index in [4.69, 9.17) is 4.52 Å². The molecule has 2 heterocycles. The Balaban J connectivity index is 1.93. The van der Waals surface area contributed by atoms with E-state index in [0.717, 1.165) is 4.47 Å². The Bertz CT molecular complexity index is 1090. The van der Waals surface area contributed by atoms with E-state index in [2.05, 4.69) is 21.1 Å². The van der Waals surface area contributed by atoms with Crippen molar-refractivity contribution in [3.05, 3.63) is 87.6 Å². The minimum atomic E-state index is -0.811. The largest absolute Gasteiger partial charge is 0.507 e. The highest BCUT2D eigenvalue weighted by Gasteiger charge is 2.48. The van der Waals surface area contributed by atoms with Gasteiger partial charge in [-0.2, -0.15) is 0 Å². The summed E-state index contributed by atoms with van der Waals surface area (Å²) in [7, 11) is 0. The second-order valence-corrected chi connectivity index (χ2v) is 7.30. The van der Waals surface area contributed by atoms with Crippen molar-refractivity contribution in [2.45, 2.75) is 13.0 Å². The molecule has 4 rings (SSSR count). The van der Waals surface area contributed by atoms with Gasteiger partial charge in [-0.25, -0.2) is 0 Å². The fourth-order valence-corrected chi connectivity index (χ4v) is 3.51. The molecular formula is C21H15BrN2O4. The van der Waals surface area contributed by atoms with Gasteiger partial charge in [-0.3, -0.25) is 14.5 Å². The summed E-state index contributed by atoms with van der Waals surface area (Å²) in [6, 6.07) is 16.7. The van der Waals surface area contributed by atoms with Crippen molar-refractivity contribution in [3.63, 3.8) is 0 Å². The van der Waals surface area contributed by atoms with Gasteiger partial charge in [0.15, 0.2) is 5.82 Å². The Hall–Kier alpha value is -3.19. The summed E-state index contributed by atoms with van der Waals surface area (Å²) in [5.41, 5.74) is 1.14. The van der Waals surface area contributed by atoms with Crippen LogP contribution in [0, 0.1) is 6.92 Å². The van der Waals surface area contributed by atoms with E-state index < -0.39 is 17.7 Å². The van der Waals surface area contributed by atoms with E-state index in [0.29, 0.717) is 16.9 Å². The molecule has 1 atom stereocenters. The van der Waals surface area contributed by atoms with E-state index in [9.17, 15) is 14.7 Å². The van der Waals surface area contributed by atoms with Crippen LogP contribution in [-0.4, -0.2) is 22.0 Å². The van der Waals surface area contributed by atoms with E-state index in [1.165, 1.54) is 4.90 Å². The molecule has 3 aromatic rings. The molecule has 1 aliphatic heterocycles. The average molecular weight is 439 g/mol. The third-order valence-corrected chi connectivity index (χ3v) is 5.07. The van der Waals surface area contributed by atoms with Crippen molar-refractivity contribution in [1.29, 1.82) is 0 Å². The molecule has 140 valence electrons. The number of ketones is 1. The maximum absolute atomic E-state index is 12.9. The number of rotatable bonds is 3. The topological polar surface area (TPSA) is 83.6 Å². The van der Waals surface area contributed by atoms with Gasteiger partial charge >= 0.3 is 5.91 Å². The normalized spacial score (nSPS) is 18.6. The Kier molecular flexibility index (Phi) is 4.60. The summed E-state index contributed by atoms with van der Waals surface area (Å²) in [6.07, 6.45) is 0. The SMILES string of the molecule is Cc1cc(N2C(=O)C(=O)/C(=C(/O)c3ccc(Br)cc3)[C@@H]2c2ccccc2)no1. The Morgan fingerprint density at radius 1 is 1.11 bits per heavy atom. The van der Waals surface area contributed by atoms with Gasteiger partial charge in [0, 0.05) is 16.1 Å². The molecule has 28 heavy (non-hydrogen) atoms. The number of carbonyl (C=O) groups is 2. The molecule has 0 unspecified atom stereocenters. The zero-order chi connectivity index (χ0) is 19.8. The molecule has 1 saturated heterocycles. The van der Waals surface area contributed by atoms with Crippen LogP contribution in [0.4, 0.5) is 5.82 Å². The van der Waals surface area contributed by atoms with Crippen LogP contribution < -0.4 is 4.90 Å². The number of Topliss-reactive ketones (excluding diaryl/α,β-unsaturated/α-hetero) is 1. The quantitative estimate of drug-likeness (QED) is 0.372. The highest BCUT2D eigenvalue weighted by Crippen LogP contribution is 2.41. The molecule has 1 fully saturated rings. The first-order valence-corrected chi connectivity index (χ1v) is 9.32. The number of anilines is 1. The predicted molar refractivity (Wildman–Crippen MR) is 107 cm³/mol. The van der Waals surface area contributed by atoms with Gasteiger partial charge in [-0.15, -0.1) is 0 Å². The van der Waals surface area contributed by atoms with Gasteiger partial charge in [0.05, 0.1) is 11.6 Å². The van der Waals surface area contributed by atoms with Crippen LogP contribution in [0.3, 0.4) is 0 Å². The van der Waals surface area contributed by atoms with E-state index in [1.54, 1.807) is 49.4 Å². The molecular weight excluding hydrogens is 424 g/mol. The average Bonchev–Trinajstić information content (AvgIpc) is 3.24. The van der Waals surface area contributed by atoms with Crippen LogP contribution in [-0.2, 0) is 9.59 Å². The van der Waals surface area contributed by atoms with Gasteiger partial charge in [0.1, 0.15) is 11.5 Å². The molecule has 0 aliphatic carbocycles. The number of nitrogens with zero attached hydrogens (tertiary/aromatic N) is 2. The second kappa shape index (κ2) is 7.09. The summed E-state index contributed by atoms with van der Waals surface area (Å²) in [5, 5.41) is 14.8. The summed E-state index contributed by atoms with van der Waals surface area (Å²) >= 11 is 3.34. The molecule has 1 aliphatic rings. The number of aliphatic hydroxyl groups is 1. The number of benzene rings is 2. The maximum atomic E-state index is 12.9. The number of aliphatic hydroxyl groups excluding tert-OH is 1. The van der Waals surface area contributed by atoms with Crippen molar-refractivity contribution in [2.24, 2.45) is 0 Å². The van der Waals surface area contributed by atoms with Crippen molar-refractivity contribution in [3.8, 4) is 0 Å². The number of carbonyl (C=O) groups excluding carboxylic acids is 2. The number of amides is 1. The number of aromatic nitrogens is 1. The zero-order valence-corrected chi connectivity index (χ0v) is 16.4. The Morgan fingerprint density at radius 2 is 1.79 bits per heavy atom. The number of halogens is 1. The zero-order valence-electron chi connectivity index (χ0n) is 14.8. The van der Waals surface area contributed by atoms with Gasteiger partial charge in [0.2, 0.25) is 0 Å². The minimum absolute atomic E-state index is 0.0131. The van der Waals surface area contributed by atoms with Crippen LogP contribution in [0.15, 0.2) is 75.2 Å². The lowest BCUT2D eigenvalue weighted by molar-refractivity contribution is -0.132. The Labute approximate surface area is 169 Å². The fraction of sp³-hybridized carbons (Fsp3) is 0.0952. The van der Waals surface area contributed by atoms with Crippen LogP contribution in [0.2, 0.25) is 0 Å². The lowest BCUT2D eigenvalue weighted by Gasteiger charge is -2.22. The molecule has 7 heteroatoms. The van der Waals surface area contributed by atoms with E-state index in [-0.39, 0.29) is 17.2 Å². The van der Waals surface area contributed by atoms with Crippen LogP contribution in [0.25, 0.3) is 5.76 Å². The first kappa shape index (κ1) is 18.2. The highest BCUT2D eigenvalue weighted by molar-refractivity contribution is 9.10. The second-order valence-electron chi connectivity index (χ2n) is 6.38. The number of hydrogen-bond donors (Lipinski definition) is 1. The molecule has 2 aromatic carbocycles. The lowest BCUT2D eigenvalue weighted by atomic mass is 9.95. The van der Waals surface area contributed by atoms with Crippen molar-refractivity contribution in [1.82, 2.24) is 5.16 Å². The third-order valence-electron chi connectivity index (χ3n) is 4.54. The van der Waals surface area contributed by atoms with Crippen molar-refractivity contribution >= 4 is 39.2 Å². The summed E-state index contributed by atoms with van der Waals surface area (Å²) in [4.78, 5) is 27.0. The summed E-state index contributed by atoms with van der Waals surface area (Å²) in [5.74, 6) is -1.03. The molecule has 1 amide bonds. The molecule has 0 saturated carbocycles. The van der Waals surface area contributed by atoms with Gasteiger partial charge < -0.3 is 9.63 Å². The highest BCUT2D eigenvalue weighted by atomic mass is 79.9.